The van der Waals surface area contributed by atoms with Crippen LogP contribution < -0.4 is 0 Å². The zero-order valence-electron chi connectivity index (χ0n) is 8.13. The van der Waals surface area contributed by atoms with Crippen LogP contribution >= 0.6 is 0 Å². The summed E-state index contributed by atoms with van der Waals surface area (Å²) < 4.78 is 6.13. The van der Waals surface area contributed by atoms with Crippen molar-refractivity contribution < 1.29 is 14.0 Å². The highest BCUT2D eigenvalue weighted by atomic mass is 16.5. The van der Waals surface area contributed by atoms with Gasteiger partial charge in [-0.1, -0.05) is 0 Å². The van der Waals surface area contributed by atoms with E-state index in [9.17, 15) is 4.79 Å². The van der Waals surface area contributed by atoms with Gasteiger partial charge >= 0.3 is 0 Å². The first-order valence-electron chi connectivity index (χ1n) is 4.10. The van der Waals surface area contributed by atoms with E-state index in [4.69, 9.17) is 4.74 Å². The van der Waals surface area contributed by atoms with Gasteiger partial charge in [-0.2, -0.15) is 0 Å². The fourth-order valence-corrected chi connectivity index (χ4v) is 1.15. The zero-order valence-corrected chi connectivity index (χ0v) is 8.13. The summed E-state index contributed by atoms with van der Waals surface area (Å²) in [6.45, 7) is 2.55. The fourth-order valence-electron chi connectivity index (χ4n) is 1.15. The van der Waals surface area contributed by atoms with E-state index >= 15 is 0 Å². The number of quaternary nitrogens is 1. The molecule has 1 atom stereocenters. The number of nitrogens with zero attached hydrogens (tertiary/aromatic N) is 1. The highest BCUT2D eigenvalue weighted by Gasteiger charge is 2.25. The Hall–Kier alpha value is -0.830. The van der Waals surface area contributed by atoms with Gasteiger partial charge in [0, 0.05) is 6.08 Å². The van der Waals surface area contributed by atoms with Gasteiger partial charge < -0.3 is 9.22 Å². The van der Waals surface area contributed by atoms with Crippen LogP contribution in [-0.4, -0.2) is 44.1 Å². The first kappa shape index (κ1) is 9.26. The van der Waals surface area contributed by atoms with Crippen LogP contribution in [0.2, 0.25) is 0 Å². The Labute approximate surface area is 73.2 Å². The van der Waals surface area contributed by atoms with Gasteiger partial charge in [0.1, 0.15) is 6.54 Å². The maximum absolute atomic E-state index is 11.1. The lowest BCUT2D eigenvalue weighted by Gasteiger charge is -2.24. The molecule has 1 heterocycles. The summed E-state index contributed by atoms with van der Waals surface area (Å²) in [6, 6.07) is 0. The van der Waals surface area contributed by atoms with Crippen LogP contribution in [0.25, 0.3) is 0 Å². The standard InChI is InChI=1S/C9H16NO2/c1-7-9(11)5-8(12-7)6-10(2,3)4/h5,7H,6H2,1-4H3/q+1. The van der Waals surface area contributed by atoms with E-state index in [0.717, 1.165) is 16.8 Å². The summed E-state index contributed by atoms with van der Waals surface area (Å²) in [5, 5.41) is 0. The average molecular weight is 170 g/mol. The molecule has 0 aliphatic carbocycles. The van der Waals surface area contributed by atoms with Gasteiger partial charge in [-0.15, -0.1) is 0 Å². The molecule has 0 fully saturated rings. The van der Waals surface area contributed by atoms with Gasteiger partial charge in [0.25, 0.3) is 0 Å². The third-order valence-corrected chi connectivity index (χ3v) is 1.66. The first-order chi connectivity index (χ1) is 5.38. The lowest BCUT2D eigenvalue weighted by molar-refractivity contribution is -0.866. The predicted molar refractivity (Wildman–Crippen MR) is 46.5 cm³/mol. The maximum atomic E-state index is 11.1. The molecule has 0 saturated carbocycles. The number of hydrogen-bond acceptors (Lipinski definition) is 2. The van der Waals surface area contributed by atoms with Crippen LogP contribution in [0.5, 0.6) is 0 Å². The summed E-state index contributed by atoms with van der Waals surface area (Å²) >= 11 is 0. The minimum atomic E-state index is -0.272. The Morgan fingerprint density at radius 2 is 2.08 bits per heavy atom. The third-order valence-electron chi connectivity index (χ3n) is 1.66. The number of ether oxygens (including phenoxy) is 1. The summed E-state index contributed by atoms with van der Waals surface area (Å²) in [5.41, 5.74) is 0. The van der Waals surface area contributed by atoms with Gasteiger partial charge in [-0.25, -0.2) is 0 Å². The molecule has 0 aromatic heterocycles. The molecule has 0 spiro atoms. The van der Waals surface area contributed by atoms with Gasteiger partial charge in [0.2, 0.25) is 0 Å². The van der Waals surface area contributed by atoms with E-state index in [1.54, 1.807) is 13.0 Å². The third kappa shape index (κ3) is 2.34. The molecule has 0 amide bonds. The van der Waals surface area contributed by atoms with Crippen LogP contribution in [0.3, 0.4) is 0 Å². The van der Waals surface area contributed by atoms with E-state index in [1.165, 1.54) is 0 Å². The first-order valence-corrected chi connectivity index (χ1v) is 4.10. The average Bonchev–Trinajstić information content (AvgIpc) is 2.07. The minimum Gasteiger partial charge on any atom is -0.481 e. The smallest absolute Gasteiger partial charge is 0.199 e. The second-order valence-electron chi connectivity index (χ2n) is 4.22. The van der Waals surface area contributed by atoms with Crippen LogP contribution in [0.15, 0.2) is 11.8 Å². The highest BCUT2D eigenvalue weighted by molar-refractivity contribution is 5.95. The Kier molecular flexibility index (Phi) is 2.24. The zero-order chi connectivity index (χ0) is 9.35. The topological polar surface area (TPSA) is 26.3 Å². The van der Waals surface area contributed by atoms with Crippen LogP contribution in [0, 0.1) is 0 Å². The molecule has 1 aliphatic heterocycles. The van der Waals surface area contributed by atoms with Gasteiger partial charge in [0.05, 0.1) is 21.1 Å². The predicted octanol–water partition coefficient (Wildman–Crippen LogP) is 0.564. The Balaban J connectivity index is 2.57. The highest BCUT2D eigenvalue weighted by Crippen LogP contribution is 2.15. The van der Waals surface area contributed by atoms with Crippen molar-refractivity contribution in [2.75, 3.05) is 27.7 Å². The molecule has 0 aromatic carbocycles. The molecule has 0 bridgehead atoms. The number of carbonyl (C=O) groups excluding carboxylic acids is 1. The number of ketones is 1. The summed E-state index contributed by atoms with van der Waals surface area (Å²) in [4.78, 5) is 11.1. The normalized spacial score (nSPS) is 23.8. The molecule has 3 heteroatoms. The van der Waals surface area contributed by atoms with Crippen LogP contribution in [-0.2, 0) is 9.53 Å². The quantitative estimate of drug-likeness (QED) is 0.566. The summed E-state index contributed by atoms with van der Waals surface area (Å²) in [6.07, 6.45) is 1.33. The van der Waals surface area contributed by atoms with Crippen molar-refractivity contribution in [3.63, 3.8) is 0 Å². The van der Waals surface area contributed by atoms with Crippen molar-refractivity contribution in [3.05, 3.63) is 11.8 Å². The molecule has 0 radical (unpaired) electrons. The lowest BCUT2D eigenvalue weighted by atomic mass is 10.3. The molecule has 1 unspecified atom stereocenters. The molecule has 0 aromatic rings. The maximum Gasteiger partial charge on any atom is 0.199 e. The second-order valence-corrected chi connectivity index (χ2v) is 4.22. The molecule has 0 saturated heterocycles. The molecule has 3 nitrogen and oxygen atoms in total. The number of rotatable bonds is 2. The molecule has 12 heavy (non-hydrogen) atoms. The molecule has 1 aliphatic rings. The van der Waals surface area contributed by atoms with E-state index in [0.29, 0.717) is 0 Å². The van der Waals surface area contributed by atoms with Crippen molar-refractivity contribution in [2.24, 2.45) is 0 Å². The number of carbonyl (C=O) groups is 1. The number of hydrogen-bond donors (Lipinski definition) is 0. The largest absolute Gasteiger partial charge is 0.481 e. The van der Waals surface area contributed by atoms with Gasteiger partial charge in [-0.3, -0.25) is 4.79 Å². The van der Waals surface area contributed by atoms with E-state index in [1.807, 2.05) is 0 Å². The Morgan fingerprint density at radius 1 is 1.50 bits per heavy atom. The van der Waals surface area contributed by atoms with Crippen LogP contribution in [0.1, 0.15) is 6.92 Å². The molecule has 0 N–H and O–H groups in total. The van der Waals surface area contributed by atoms with Crippen molar-refractivity contribution in [1.29, 1.82) is 0 Å². The van der Waals surface area contributed by atoms with E-state index in [2.05, 4.69) is 21.1 Å². The molecule has 68 valence electrons. The lowest BCUT2D eigenvalue weighted by Crippen LogP contribution is -2.36. The van der Waals surface area contributed by atoms with E-state index < -0.39 is 0 Å². The minimum absolute atomic E-state index is 0.0819. The molecular weight excluding hydrogens is 154 g/mol. The molecular formula is C9H16NO2+. The van der Waals surface area contributed by atoms with Crippen molar-refractivity contribution in [1.82, 2.24) is 0 Å². The van der Waals surface area contributed by atoms with E-state index in [-0.39, 0.29) is 11.9 Å². The Morgan fingerprint density at radius 3 is 2.42 bits per heavy atom. The van der Waals surface area contributed by atoms with Crippen molar-refractivity contribution in [3.8, 4) is 0 Å². The second kappa shape index (κ2) is 2.90. The monoisotopic (exact) mass is 170 g/mol. The van der Waals surface area contributed by atoms with Crippen LogP contribution in [0.4, 0.5) is 0 Å². The Bertz CT molecular complexity index is 225. The summed E-state index contributed by atoms with van der Waals surface area (Å²) in [7, 11) is 6.20. The van der Waals surface area contributed by atoms with Crippen molar-refractivity contribution in [2.45, 2.75) is 13.0 Å². The van der Waals surface area contributed by atoms with Gasteiger partial charge in [0.15, 0.2) is 17.6 Å². The van der Waals surface area contributed by atoms with Crippen molar-refractivity contribution >= 4 is 5.78 Å². The fraction of sp³-hybridized carbons (Fsp3) is 0.667. The number of likely N-dealkylation sites (N-methyl/N-ethyl adjacent to an activating group) is 1. The SMILES string of the molecule is CC1OC(C[N+](C)(C)C)=CC1=O. The molecule has 1 rings (SSSR count). The summed E-state index contributed by atoms with van der Waals surface area (Å²) in [5.74, 6) is 0.887. The van der Waals surface area contributed by atoms with Gasteiger partial charge in [-0.05, 0) is 6.92 Å².